The SMILES string of the molecule is COC(=O)[C@@]1(COCc2ccccc2)[C@@H](O)[C@H](C)C(=O)N1C(=O)OC(C)(C)C. The number of likely N-dealkylation sites (tertiary alicyclic amines) is 1. The second kappa shape index (κ2) is 8.28. The smallest absolute Gasteiger partial charge is 0.418 e. The minimum absolute atomic E-state index is 0.122. The number of benzene rings is 1. The van der Waals surface area contributed by atoms with Crippen LogP contribution in [-0.2, 0) is 30.4 Å². The van der Waals surface area contributed by atoms with Crippen molar-refractivity contribution < 1.29 is 33.7 Å². The summed E-state index contributed by atoms with van der Waals surface area (Å²) in [5.41, 5.74) is -2.10. The average Bonchev–Trinajstić information content (AvgIpc) is 2.82. The number of amides is 2. The van der Waals surface area contributed by atoms with E-state index < -0.39 is 47.7 Å². The Morgan fingerprint density at radius 3 is 2.36 bits per heavy atom. The Morgan fingerprint density at radius 1 is 1.21 bits per heavy atom. The molecule has 0 aromatic heterocycles. The van der Waals surface area contributed by atoms with Gasteiger partial charge in [0.25, 0.3) is 0 Å². The minimum atomic E-state index is -2.03. The predicted octanol–water partition coefficient (Wildman–Crippen LogP) is 1.89. The van der Waals surface area contributed by atoms with Gasteiger partial charge in [0, 0.05) is 0 Å². The molecule has 1 saturated heterocycles. The van der Waals surface area contributed by atoms with Crippen molar-refractivity contribution in [2.24, 2.45) is 5.92 Å². The number of aliphatic hydroxyl groups excluding tert-OH is 1. The molecule has 2 amide bonds. The normalized spacial score (nSPS) is 24.9. The number of carbonyl (C=O) groups excluding carboxylic acids is 3. The van der Waals surface area contributed by atoms with E-state index in [1.807, 2.05) is 30.3 Å². The second-order valence-corrected chi connectivity index (χ2v) is 7.78. The van der Waals surface area contributed by atoms with Crippen molar-refractivity contribution in [3.8, 4) is 0 Å². The molecule has 0 bridgehead atoms. The molecule has 1 N–H and O–H groups in total. The van der Waals surface area contributed by atoms with Crippen LogP contribution < -0.4 is 0 Å². The molecule has 1 aromatic rings. The molecule has 1 aliphatic heterocycles. The van der Waals surface area contributed by atoms with Crippen molar-refractivity contribution in [2.75, 3.05) is 13.7 Å². The van der Waals surface area contributed by atoms with Crippen LogP contribution in [0.5, 0.6) is 0 Å². The Kier molecular flexibility index (Phi) is 6.46. The number of imide groups is 1. The Balaban J connectivity index is 2.36. The van der Waals surface area contributed by atoms with E-state index in [2.05, 4.69) is 0 Å². The van der Waals surface area contributed by atoms with Gasteiger partial charge in [0.15, 0.2) is 0 Å². The highest BCUT2D eigenvalue weighted by molar-refractivity contribution is 6.04. The van der Waals surface area contributed by atoms with Gasteiger partial charge in [0.1, 0.15) is 11.7 Å². The van der Waals surface area contributed by atoms with Gasteiger partial charge >= 0.3 is 12.1 Å². The highest BCUT2D eigenvalue weighted by Gasteiger charge is 2.65. The van der Waals surface area contributed by atoms with Crippen molar-refractivity contribution >= 4 is 18.0 Å². The predicted molar refractivity (Wildman–Crippen MR) is 99.1 cm³/mol. The van der Waals surface area contributed by atoms with Crippen LogP contribution in [0.2, 0.25) is 0 Å². The molecule has 1 fully saturated rings. The van der Waals surface area contributed by atoms with Crippen molar-refractivity contribution in [3.63, 3.8) is 0 Å². The summed E-state index contributed by atoms with van der Waals surface area (Å²) in [6.07, 6.45) is -2.54. The Bertz CT molecular complexity index is 728. The highest BCUT2D eigenvalue weighted by Crippen LogP contribution is 2.37. The van der Waals surface area contributed by atoms with Gasteiger partial charge in [-0.2, -0.15) is 0 Å². The fourth-order valence-corrected chi connectivity index (χ4v) is 3.14. The third-order valence-electron chi connectivity index (χ3n) is 4.52. The van der Waals surface area contributed by atoms with Crippen LogP contribution in [0.15, 0.2) is 30.3 Å². The molecular weight excluding hydrogens is 366 g/mol. The van der Waals surface area contributed by atoms with Gasteiger partial charge in [-0.1, -0.05) is 37.3 Å². The highest BCUT2D eigenvalue weighted by atomic mass is 16.6. The maximum atomic E-state index is 12.7. The summed E-state index contributed by atoms with van der Waals surface area (Å²) < 4.78 is 15.8. The van der Waals surface area contributed by atoms with Crippen LogP contribution in [0, 0.1) is 5.92 Å². The van der Waals surface area contributed by atoms with Gasteiger partial charge in [0.2, 0.25) is 11.4 Å². The number of aliphatic hydroxyl groups is 1. The first kappa shape index (κ1) is 21.8. The third kappa shape index (κ3) is 4.18. The lowest BCUT2D eigenvalue weighted by molar-refractivity contribution is -0.167. The lowest BCUT2D eigenvalue weighted by atomic mass is 9.90. The first-order chi connectivity index (χ1) is 13.0. The molecule has 1 heterocycles. The number of rotatable bonds is 5. The van der Waals surface area contributed by atoms with Gasteiger partial charge in [-0.25, -0.2) is 14.5 Å². The quantitative estimate of drug-likeness (QED) is 0.762. The van der Waals surface area contributed by atoms with E-state index >= 15 is 0 Å². The van der Waals surface area contributed by atoms with Crippen LogP contribution in [0.4, 0.5) is 4.79 Å². The summed E-state index contributed by atoms with van der Waals surface area (Å²) in [7, 11) is 1.12. The number of esters is 1. The van der Waals surface area contributed by atoms with Crippen molar-refractivity contribution in [3.05, 3.63) is 35.9 Å². The molecule has 8 nitrogen and oxygen atoms in total. The van der Waals surface area contributed by atoms with Crippen LogP contribution in [0.1, 0.15) is 33.3 Å². The fraction of sp³-hybridized carbons (Fsp3) is 0.550. The lowest BCUT2D eigenvalue weighted by Crippen LogP contribution is -2.63. The molecular formula is C20H27NO7. The Hall–Kier alpha value is -2.45. The van der Waals surface area contributed by atoms with E-state index in [0.717, 1.165) is 12.7 Å². The number of hydrogen-bond acceptors (Lipinski definition) is 7. The van der Waals surface area contributed by atoms with Crippen molar-refractivity contribution in [1.82, 2.24) is 4.90 Å². The topological polar surface area (TPSA) is 102 Å². The average molecular weight is 393 g/mol. The number of carbonyl (C=O) groups is 3. The van der Waals surface area contributed by atoms with Gasteiger partial charge in [-0.05, 0) is 26.3 Å². The Labute approximate surface area is 164 Å². The standard InChI is InChI=1S/C20H27NO7/c1-13-15(22)20(17(24)26-5,12-27-11-14-9-7-6-8-10-14)21(16(13)23)18(25)28-19(2,3)4/h6-10,13,15,22H,11-12H2,1-5H3/t13-,15-,20+/m0/s1. The molecule has 0 radical (unpaired) electrons. The van der Waals surface area contributed by atoms with E-state index in [1.165, 1.54) is 6.92 Å². The molecule has 2 rings (SSSR count). The molecule has 1 aromatic carbocycles. The summed E-state index contributed by atoms with van der Waals surface area (Å²) >= 11 is 0. The first-order valence-electron chi connectivity index (χ1n) is 9.00. The monoisotopic (exact) mass is 393 g/mol. The van der Waals surface area contributed by atoms with Crippen LogP contribution >= 0.6 is 0 Å². The van der Waals surface area contributed by atoms with Gasteiger partial charge in [-0.15, -0.1) is 0 Å². The summed E-state index contributed by atoms with van der Waals surface area (Å²) in [4.78, 5) is 38.8. The van der Waals surface area contributed by atoms with E-state index in [-0.39, 0.29) is 6.61 Å². The van der Waals surface area contributed by atoms with E-state index in [9.17, 15) is 19.5 Å². The number of hydrogen-bond donors (Lipinski definition) is 1. The van der Waals surface area contributed by atoms with Gasteiger partial charge < -0.3 is 19.3 Å². The maximum Gasteiger partial charge on any atom is 0.418 e. The molecule has 0 spiro atoms. The first-order valence-corrected chi connectivity index (χ1v) is 9.00. The number of ether oxygens (including phenoxy) is 3. The number of nitrogens with zero attached hydrogens (tertiary/aromatic N) is 1. The molecule has 0 aliphatic carbocycles. The third-order valence-corrected chi connectivity index (χ3v) is 4.52. The van der Waals surface area contributed by atoms with Crippen molar-refractivity contribution in [2.45, 2.75) is 51.5 Å². The molecule has 28 heavy (non-hydrogen) atoms. The molecule has 154 valence electrons. The maximum absolute atomic E-state index is 12.7. The molecule has 8 heteroatoms. The summed E-state index contributed by atoms with van der Waals surface area (Å²) in [6, 6.07) is 9.17. The number of methoxy groups -OCH3 is 1. The van der Waals surface area contributed by atoms with Gasteiger partial charge in [0.05, 0.1) is 26.2 Å². The van der Waals surface area contributed by atoms with E-state index in [0.29, 0.717) is 4.90 Å². The zero-order valence-electron chi connectivity index (χ0n) is 16.8. The van der Waals surface area contributed by atoms with Crippen LogP contribution in [0.3, 0.4) is 0 Å². The van der Waals surface area contributed by atoms with Crippen molar-refractivity contribution in [1.29, 1.82) is 0 Å². The molecule has 1 aliphatic rings. The lowest BCUT2D eigenvalue weighted by Gasteiger charge is -2.36. The zero-order valence-corrected chi connectivity index (χ0v) is 16.8. The second-order valence-electron chi connectivity index (χ2n) is 7.78. The largest absolute Gasteiger partial charge is 0.467 e. The molecule has 0 saturated carbocycles. The van der Waals surface area contributed by atoms with Crippen LogP contribution in [-0.4, -0.2) is 58.9 Å². The minimum Gasteiger partial charge on any atom is -0.467 e. The summed E-state index contributed by atoms with van der Waals surface area (Å²) in [5, 5.41) is 10.7. The summed E-state index contributed by atoms with van der Waals surface area (Å²) in [6.45, 7) is 6.04. The van der Waals surface area contributed by atoms with E-state index in [1.54, 1.807) is 20.8 Å². The molecule has 3 atom stereocenters. The fourth-order valence-electron chi connectivity index (χ4n) is 3.14. The molecule has 0 unspecified atom stereocenters. The van der Waals surface area contributed by atoms with Crippen LogP contribution in [0.25, 0.3) is 0 Å². The van der Waals surface area contributed by atoms with Gasteiger partial charge in [-0.3, -0.25) is 4.79 Å². The van der Waals surface area contributed by atoms with E-state index in [4.69, 9.17) is 14.2 Å². The Morgan fingerprint density at radius 2 is 1.82 bits per heavy atom. The zero-order chi connectivity index (χ0) is 21.1. The summed E-state index contributed by atoms with van der Waals surface area (Å²) in [5.74, 6) is -2.68.